The quantitative estimate of drug-likeness (QED) is 0.482. The van der Waals surface area contributed by atoms with E-state index in [1.807, 2.05) is 18.2 Å². The van der Waals surface area contributed by atoms with Gasteiger partial charge in [-0.2, -0.15) is 0 Å². The van der Waals surface area contributed by atoms with E-state index in [4.69, 9.17) is 30.8 Å². The molecule has 0 atom stereocenters. The van der Waals surface area contributed by atoms with Crippen molar-refractivity contribution in [2.45, 2.75) is 0 Å². The van der Waals surface area contributed by atoms with E-state index in [1.165, 1.54) is 11.3 Å². The molecule has 172 valence electrons. The Balaban J connectivity index is 0.00000289. The Morgan fingerprint density at radius 3 is 2.69 bits per heavy atom. The minimum atomic E-state index is -0.196. The average molecular weight is 498 g/mol. The van der Waals surface area contributed by atoms with E-state index in [0.717, 1.165) is 35.6 Å². The third-order valence-corrected chi connectivity index (χ3v) is 6.49. The second-order valence-corrected chi connectivity index (χ2v) is 8.53. The first-order valence-corrected chi connectivity index (χ1v) is 11.2. The molecule has 0 radical (unpaired) electrons. The fourth-order valence-corrected chi connectivity index (χ4v) is 4.62. The van der Waals surface area contributed by atoms with Gasteiger partial charge in [0, 0.05) is 37.3 Å². The smallest absolute Gasteiger partial charge is 0.263 e. The van der Waals surface area contributed by atoms with E-state index in [9.17, 15) is 4.79 Å². The van der Waals surface area contributed by atoms with Crippen LogP contribution in [0, 0.1) is 0 Å². The number of rotatable bonds is 7. The Kier molecular flexibility index (Phi) is 8.56. The number of thiazole rings is 1. The largest absolute Gasteiger partial charge is 0.497 e. The molecule has 0 bridgehead atoms. The molecule has 7 nitrogen and oxygen atoms in total. The maximum Gasteiger partial charge on any atom is 0.263 e. The summed E-state index contributed by atoms with van der Waals surface area (Å²) in [6.07, 6.45) is 0. The number of fused-ring (bicyclic) bond motifs is 1. The molecule has 2 aromatic carbocycles. The summed E-state index contributed by atoms with van der Waals surface area (Å²) in [5, 5.41) is 1.11. The van der Waals surface area contributed by atoms with Crippen LogP contribution in [0.5, 0.6) is 11.5 Å². The maximum atomic E-state index is 13.6. The number of carbonyl (C=O) groups excluding carboxylic acids is 1. The zero-order chi connectivity index (χ0) is 21.8. The first kappa shape index (κ1) is 24.5. The molecule has 2 heterocycles. The molecular weight excluding hydrogens is 473 g/mol. The van der Waals surface area contributed by atoms with Gasteiger partial charge in [0.1, 0.15) is 11.5 Å². The van der Waals surface area contributed by atoms with E-state index in [1.54, 1.807) is 37.3 Å². The summed E-state index contributed by atoms with van der Waals surface area (Å²) in [5.74, 6) is 1.01. The molecular formula is C22H25Cl2N3O4S. The van der Waals surface area contributed by atoms with Crippen LogP contribution in [0.15, 0.2) is 36.4 Å². The summed E-state index contributed by atoms with van der Waals surface area (Å²) in [6, 6.07) is 10.8. The second kappa shape index (κ2) is 11.2. The van der Waals surface area contributed by atoms with Crippen LogP contribution in [0.25, 0.3) is 10.2 Å². The summed E-state index contributed by atoms with van der Waals surface area (Å²) in [5.41, 5.74) is 1.20. The van der Waals surface area contributed by atoms with Gasteiger partial charge in [-0.3, -0.25) is 14.6 Å². The summed E-state index contributed by atoms with van der Waals surface area (Å²) >= 11 is 7.66. The Labute approximate surface area is 202 Å². The van der Waals surface area contributed by atoms with Crippen LogP contribution in [-0.2, 0) is 4.74 Å². The van der Waals surface area contributed by atoms with Gasteiger partial charge in [0.25, 0.3) is 5.91 Å². The Morgan fingerprint density at radius 1 is 1.19 bits per heavy atom. The van der Waals surface area contributed by atoms with Crippen LogP contribution >= 0.6 is 35.3 Å². The van der Waals surface area contributed by atoms with Gasteiger partial charge in [-0.1, -0.05) is 22.9 Å². The van der Waals surface area contributed by atoms with Gasteiger partial charge < -0.3 is 14.2 Å². The molecule has 1 aromatic heterocycles. The molecule has 10 heteroatoms. The van der Waals surface area contributed by atoms with Crippen molar-refractivity contribution < 1.29 is 19.0 Å². The first-order valence-electron chi connectivity index (χ1n) is 9.99. The molecule has 0 spiro atoms. The molecule has 0 unspecified atom stereocenters. The number of nitrogens with zero attached hydrogens (tertiary/aromatic N) is 3. The number of amides is 1. The molecule has 32 heavy (non-hydrogen) atoms. The van der Waals surface area contributed by atoms with Crippen molar-refractivity contribution in [1.82, 2.24) is 9.88 Å². The number of halogens is 2. The molecule has 1 aliphatic heterocycles. The van der Waals surface area contributed by atoms with Crippen molar-refractivity contribution in [3.05, 3.63) is 47.0 Å². The fourth-order valence-electron chi connectivity index (χ4n) is 3.48. The second-order valence-electron chi connectivity index (χ2n) is 7.09. The number of methoxy groups -OCH3 is 2. The van der Waals surface area contributed by atoms with Gasteiger partial charge in [-0.25, -0.2) is 4.98 Å². The molecule has 1 amide bonds. The predicted molar refractivity (Wildman–Crippen MR) is 130 cm³/mol. The number of anilines is 1. The molecule has 0 saturated carbocycles. The number of carbonyl (C=O) groups is 1. The first-order chi connectivity index (χ1) is 15.1. The Bertz CT molecular complexity index is 1070. The lowest BCUT2D eigenvalue weighted by atomic mass is 10.1. The topological polar surface area (TPSA) is 64.1 Å². The van der Waals surface area contributed by atoms with Gasteiger partial charge >= 0.3 is 0 Å². The number of aromatic nitrogens is 1. The van der Waals surface area contributed by atoms with Crippen LogP contribution in [0.1, 0.15) is 10.4 Å². The highest BCUT2D eigenvalue weighted by molar-refractivity contribution is 7.22. The molecule has 1 aliphatic rings. The van der Waals surface area contributed by atoms with E-state index >= 15 is 0 Å². The van der Waals surface area contributed by atoms with Crippen molar-refractivity contribution in [2.75, 3.05) is 58.5 Å². The maximum absolute atomic E-state index is 13.6. The molecule has 0 aliphatic carbocycles. The Hall–Kier alpha value is -2.10. The van der Waals surface area contributed by atoms with Gasteiger partial charge in [-0.15, -0.1) is 12.4 Å². The van der Waals surface area contributed by atoms with E-state index in [2.05, 4.69) is 4.90 Å². The van der Waals surface area contributed by atoms with Crippen molar-refractivity contribution in [1.29, 1.82) is 0 Å². The Morgan fingerprint density at radius 2 is 1.97 bits per heavy atom. The summed E-state index contributed by atoms with van der Waals surface area (Å²) < 4.78 is 17.2. The zero-order valence-corrected chi connectivity index (χ0v) is 20.3. The zero-order valence-electron chi connectivity index (χ0n) is 17.9. The minimum Gasteiger partial charge on any atom is -0.497 e. The van der Waals surface area contributed by atoms with Crippen molar-refractivity contribution in [3.8, 4) is 11.5 Å². The van der Waals surface area contributed by atoms with Crippen LogP contribution in [0.2, 0.25) is 5.02 Å². The summed E-state index contributed by atoms with van der Waals surface area (Å²) in [6.45, 7) is 4.32. The number of morpholine rings is 1. The lowest BCUT2D eigenvalue weighted by Crippen LogP contribution is -2.43. The van der Waals surface area contributed by atoms with Crippen LogP contribution in [0.4, 0.5) is 5.13 Å². The van der Waals surface area contributed by atoms with Crippen molar-refractivity contribution >= 4 is 56.6 Å². The van der Waals surface area contributed by atoms with E-state index in [-0.39, 0.29) is 18.3 Å². The van der Waals surface area contributed by atoms with Gasteiger partial charge in [0.05, 0.1) is 43.2 Å². The normalized spacial score (nSPS) is 14.1. The van der Waals surface area contributed by atoms with Gasteiger partial charge in [0.15, 0.2) is 5.13 Å². The average Bonchev–Trinajstić information content (AvgIpc) is 3.22. The molecule has 0 N–H and O–H groups in total. The molecule has 4 rings (SSSR count). The highest BCUT2D eigenvalue weighted by Crippen LogP contribution is 2.33. The van der Waals surface area contributed by atoms with E-state index in [0.29, 0.717) is 41.2 Å². The highest BCUT2D eigenvalue weighted by Gasteiger charge is 2.25. The van der Waals surface area contributed by atoms with Gasteiger partial charge in [-0.05, 0) is 30.3 Å². The number of hydrogen-bond acceptors (Lipinski definition) is 7. The van der Waals surface area contributed by atoms with Crippen LogP contribution < -0.4 is 14.4 Å². The van der Waals surface area contributed by atoms with Crippen molar-refractivity contribution in [3.63, 3.8) is 0 Å². The summed E-state index contributed by atoms with van der Waals surface area (Å²) in [4.78, 5) is 22.4. The van der Waals surface area contributed by atoms with Crippen LogP contribution in [-0.4, -0.2) is 69.4 Å². The number of benzene rings is 2. The minimum absolute atomic E-state index is 0. The van der Waals surface area contributed by atoms with Gasteiger partial charge in [0.2, 0.25) is 0 Å². The van der Waals surface area contributed by atoms with E-state index < -0.39 is 0 Å². The lowest BCUT2D eigenvalue weighted by Gasteiger charge is -2.29. The van der Waals surface area contributed by atoms with Crippen LogP contribution in [0.3, 0.4) is 0 Å². The lowest BCUT2D eigenvalue weighted by molar-refractivity contribution is 0.0391. The predicted octanol–water partition coefficient (Wildman–Crippen LogP) is 4.37. The standard InChI is InChI=1S/C22H24ClN3O4S.ClH/c1-28-16-4-6-20-18(14-16)24-22(31-20)26(8-7-25-9-11-30-12-10-25)21(27)17-13-15(23)3-5-19(17)29-2;/h3-6,13-14H,7-12H2,1-2H3;1H. The third-order valence-electron chi connectivity index (χ3n) is 5.19. The SMILES string of the molecule is COc1ccc2sc(N(CCN3CCOCC3)C(=O)c3cc(Cl)ccc3OC)nc2c1.Cl. The number of hydrogen-bond donors (Lipinski definition) is 0. The monoisotopic (exact) mass is 497 g/mol. The number of ether oxygens (including phenoxy) is 3. The summed E-state index contributed by atoms with van der Waals surface area (Å²) in [7, 11) is 3.17. The fraction of sp³-hybridized carbons (Fsp3) is 0.364. The molecule has 1 fully saturated rings. The highest BCUT2D eigenvalue weighted by atomic mass is 35.5. The van der Waals surface area contributed by atoms with Crippen molar-refractivity contribution in [2.24, 2.45) is 0 Å². The molecule has 1 saturated heterocycles. The third kappa shape index (κ3) is 5.44. The molecule has 3 aromatic rings.